The van der Waals surface area contributed by atoms with E-state index in [1.807, 2.05) is 4.72 Å². The number of halogens is 5. The third kappa shape index (κ3) is 7.02. The molecule has 156 valence electrons. The fraction of sp³-hybridized carbons (Fsp3) is 0.176. The molecule has 12 heteroatoms. The summed E-state index contributed by atoms with van der Waals surface area (Å²) in [5, 5.41) is 2.04. The monoisotopic (exact) mass is 451 g/mol. The summed E-state index contributed by atoms with van der Waals surface area (Å²) < 4.78 is 77.1. The quantitative estimate of drug-likeness (QED) is 0.399. The van der Waals surface area contributed by atoms with Gasteiger partial charge in [-0.1, -0.05) is 17.7 Å². The fourth-order valence-corrected chi connectivity index (χ4v) is 2.91. The second-order valence-electron chi connectivity index (χ2n) is 5.83. The minimum Gasteiger partial charge on any atom is -0.348 e. The first kappa shape index (κ1) is 22.6. The molecule has 0 spiro atoms. The molecule has 0 aliphatic rings. The van der Waals surface area contributed by atoms with Crippen molar-refractivity contribution in [2.45, 2.75) is 12.7 Å². The number of anilines is 1. The first-order valence-electron chi connectivity index (χ1n) is 7.80. The van der Waals surface area contributed by atoms with E-state index in [9.17, 15) is 30.8 Å². The lowest BCUT2D eigenvalue weighted by Gasteiger charge is -2.10. The summed E-state index contributed by atoms with van der Waals surface area (Å²) >= 11 is 5.48. The zero-order valence-corrected chi connectivity index (χ0v) is 16.3. The summed E-state index contributed by atoms with van der Waals surface area (Å²) in [6.07, 6.45) is -1.12. The van der Waals surface area contributed by atoms with E-state index in [0.717, 1.165) is 30.7 Å². The molecule has 0 unspecified atom stereocenters. The summed E-state index contributed by atoms with van der Waals surface area (Å²) in [7, 11) is -3.65. The molecule has 0 aliphatic heterocycles. The van der Waals surface area contributed by atoms with Gasteiger partial charge in [-0.05, 0) is 29.8 Å². The van der Waals surface area contributed by atoms with E-state index in [-0.39, 0.29) is 22.9 Å². The van der Waals surface area contributed by atoms with Gasteiger partial charge in [0.2, 0.25) is 15.9 Å². The second kappa shape index (κ2) is 8.78. The molecule has 2 aromatic rings. The molecule has 2 N–H and O–H groups in total. The van der Waals surface area contributed by atoms with Crippen molar-refractivity contribution in [2.75, 3.05) is 11.0 Å². The van der Waals surface area contributed by atoms with Gasteiger partial charge < -0.3 is 5.32 Å². The Kier molecular flexibility index (Phi) is 6.85. The van der Waals surface area contributed by atoms with Gasteiger partial charge in [-0.15, -0.1) is 0 Å². The van der Waals surface area contributed by atoms with E-state index < -0.39 is 33.5 Å². The number of pyridine rings is 1. The minimum absolute atomic E-state index is 0.135. The number of carbonyl (C=O) groups excluding carboxylic acids is 1. The van der Waals surface area contributed by atoms with Gasteiger partial charge >= 0.3 is 6.18 Å². The van der Waals surface area contributed by atoms with E-state index in [1.54, 1.807) is 0 Å². The van der Waals surface area contributed by atoms with Crippen molar-refractivity contribution in [1.29, 1.82) is 0 Å². The molecular formula is C17H14ClF4N3O3S. The zero-order chi connectivity index (χ0) is 21.8. The van der Waals surface area contributed by atoms with Crippen LogP contribution in [0.25, 0.3) is 6.08 Å². The number of benzene rings is 1. The van der Waals surface area contributed by atoms with E-state index in [1.165, 1.54) is 12.1 Å². The molecule has 0 bridgehead atoms. The first-order valence-corrected chi connectivity index (χ1v) is 10.1. The molecule has 0 aliphatic carbocycles. The first-order chi connectivity index (χ1) is 13.3. The van der Waals surface area contributed by atoms with Gasteiger partial charge in [0.05, 0.1) is 17.5 Å². The number of hydrogen-bond donors (Lipinski definition) is 2. The standard InChI is InChI=1S/C17H14ClF4N3O3S/c1-29(27,28)25-14-4-2-10(6-13(14)19)8-24-16(26)5-3-11-9-23-15(18)7-12(11)17(20,21)22/h2-7,9,25H,8H2,1H3,(H,24,26)/b5-3+. The number of amides is 1. The number of nitrogens with zero attached hydrogens (tertiary/aromatic N) is 1. The van der Waals surface area contributed by atoms with Crippen molar-refractivity contribution in [1.82, 2.24) is 10.3 Å². The van der Waals surface area contributed by atoms with Crippen LogP contribution in [0.3, 0.4) is 0 Å². The highest BCUT2D eigenvalue weighted by molar-refractivity contribution is 7.92. The van der Waals surface area contributed by atoms with Crippen LogP contribution in [0.15, 0.2) is 36.5 Å². The maximum atomic E-state index is 13.9. The van der Waals surface area contributed by atoms with Crippen LogP contribution in [-0.2, 0) is 27.5 Å². The van der Waals surface area contributed by atoms with Crippen LogP contribution in [0.1, 0.15) is 16.7 Å². The Morgan fingerprint density at radius 3 is 2.55 bits per heavy atom. The maximum Gasteiger partial charge on any atom is 0.417 e. The van der Waals surface area contributed by atoms with Gasteiger partial charge in [0.25, 0.3) is 0 Å². The molecule has 1 aromatic carbocycles. The Bertz CT molecular complexity index is 1060. The molecule has 1 amide bonds. The van der Waals surface area contributed by atoms with E-state index in [4.69, 9.17) is 11.6 Å². The fourth-order valence-electron chi connectivity index (χ4n) is 2.18. The topological polar surface area (TPSA) is 88.2 Å². The summed E-state index contributed by atoms with van der Waals surface area (Å²) in [5.41, 5.74) is -1.33. The van der Waals surface area contributed by atoms with E-state index >= 15 is 0 Å². The normalized spacial score (nSPS) is 12.2. The van der Waals surface area contributed by atoms with Crippen LogP contribution < -0.4 is 10.0 Å². The largest absolute Gasteiger partial charge is 0.417 e. The number of alkyl halides is 3. The Labute approximate surface area is 168 Å². The summed E-state index contributed by atoms with van der Waals surface area (Å²) in [6, 6.07) is 4.23. The summed E-state index contributed by atoms with van der Waals surface area (Å²) in [4.78, 5) is 15.4. The summed E-state index contributed by atoms with van der Waals surface area (Å²) in [5.74, 6) is -1.58. The predicted molar refractivity (Wildman–Crippen MR) is 100.0 cm³/mol. The Morgan fingerprint density at radius 1 is 1.28 bits per heavy atom. The van der Waals surface area contributed by atoms with Gasteiger partial charge in [-0.3, -0.25) is 9.52 Å². The lowest BCUT2D eigenvalue weighted by Crippen LogP contribution is -2.20. The predicted octanol–water partition coefficient (Wildman–Crippen LogP) is 3.59. The Morgan fingerprint density at radius 2 is 1.97 bits per heavy atom. The highest BCUT2D eigenvalue weighted by Crippen LogP contribution is 2.33. The van der Waals surface area contributed by atoms with Crippen LogP contribution in [0, 0.1) is 5.82 Å². The number of hydrogen-bond acceptors (Lipinski definition) is 4. The van der Waals surface area contributed by atoms with Gasteiger partial charge in [-0.25, -0.2) is 17.8 Å². The number of aromatic nitrogens is 1. The highest BCUT2D eigenvalue weighted by Gasteiger charge is 2.33. The third-order valence-corrected chi connectivity index (χ3v) is 4.21. The van der Waals surface area contributed by atoms with Crippen LogP contribution in [0.5, 0.6) is 0 Å². The van der Waals surface area contributed by atoms with Gasteiger partial charge in [0.1, 0.15) is 11.0 Å². The molecule has 1 heterocycles. The molecular weight excluding hydrogens is 438 g/mol. The zero-order valence-electron chi connectivity index (χ0n) is 14.7. The maximum absolute atomic E-state index is 13.9. The second-order valence-corrected chi connectivity index (χ2v) is 7.97. The lowest BCUT2D eigenvalue weighted by atomic mass is 10.1. The Balaban J connectivity index is 2.05. The van der Waals surface area contributed by atoms with E-state index in [2.05, 4.69) is 10.3 Å². The number of sulfonamides is 1. The number of carbonyl (C=O) groups is 1. The van der Waals surface area contributed by atoms with Crippen LogP contribution in [0.2, 0.25) is 5.15 Å². The van der Waals surface area contributed by atoms with Crippen molar-refractivity contribution < 1.29 is 30.8 Å². The molecule has 0 saturated heterocycles. The lowest BCUT2D eigenvalue weighted by molar-refractivity contribution is -0.137. The Hall–Kier alpha value is -2.66. The van der Waals surface area contributed by atoms with Gasteiger partial charge in [-0.2, -0.15) is 13.2 Å². The molecule has 0 fully saturated rings. The van der Waals surface area contributed by atoms with Gasteiger partial charge in [0.15, 0.2) is 0 Å². The van der Waals surface area contributed by atoms with Crippen molar-refractivity contribution in [3.63, 3.8) is 0 Å². The van der Waals surface area contributed by atoms with Crippen LogP contribution >= 0.6 is 11.6 Å². The third-order valence-electron chi connectivity index (χ3n) is 3.42. The van der Waals surface area contributed by atoms with Gasteiger partial charge in [0, 0.05) is 24.4 Å². The number of nitrogens with one attached hydrogen (secondary N) is 2. The van der Waals surface area contributed by atoms with Crippen LogP contribution in [0.4, 0.5) is 23.2 Å². The molecule has 2 rings (SSSR count). The molecule has 0 atom stereocenters. The van der Waals surface area contributed by atoms with Crippen molar-refractivity contribution in [3.8, 4) is 0 Å². The number of rotatable bonds is 6. The van der Waals surface area contributed by atoms with Crippen molar-refractivity contribution in [2.24, 2.45) is 0 Å². The SMILES string of the molecule is CS(=O)(=O)Nc1ccc(CNC(=O)/C=C/c2cnc(Cl)cc2C(F)(F)F)cc1F. The smallest absolute Gasteiger partial charge is 0.348 e. The summed E-state index contributed by atoms with van der Waals surface area (Å²) in [6.45, 7) is -0.135. The van der Waals surface area contributed by atoms with Crippen molar-refractivity contribution in [3.05, 3.63) is 64.2 Å². The average molecular weight is 452 g/mol. The molecule has 1 aromatic heterocycles. The molecule has 0 saturated carbocycles. The highest BCUT2D eigenvalue weighted by atomic mass is 35.5. The van der Waals surface area contributed by atoms with Crippen LogP contribution in [-0.4, -0.2) is 25.6 Å². The molecule has 0 radical (unpaired) electrons. The van der Waals surface area contributed by atoms with E-state index in [0.29, 0.717) is 11.6 Å². The molecule has 6 nitrogen and oxygen atoms in total. The minimum atomic E-state index is -4.68. The average Bonchev–Trinajstić information content (AvgIpc) is 2.59. The van der Waals surface area contributed by atoms with Crippen molar-refractivity contribution >= 4 is 39.3 Å². The molecule has 29 heavy (non-hydrogen) atoms.